The number of nitrogens with zero attached hydrogens (tertiary/aromatic N) is 4. The number of carbonyl (C=O) groups excluding carboxylic acids is 3. The number of amides is 3. The molecule has 0 radical (unpaired) electrons. The summed E-state index contributed by atoms with van der Waals surface area (Å²) in [4.78, 5) is 42.1. The monoisotopic (exact) mass is 404 g/mol. The van der Waals surface area contributed by atoms with E-state index in [4.69, 9.17) is 4.74 Å². The molecule has 0 bridgehead atoms. The molecule has 0 saturated carbocycles. The highest BCUT2D eigenvalue weighted by atomic mass is 16.5. The molecule has 10 heteroatoms. The number of H-pyrrole nitrogens is 1. The van der Waals surface area contributed by atoms with Gasteiger partial charge in [-0.2, -0.15) is 15.4 Å². The van der Waals surface area contributed by atoms with Crippen molar-refractivity contribution >= 4 is 17.7 Å². The molecule has 10 nitrogen and oxygen atoms in total. The second-order valence-corrected chi connectivity index (χ2v) is 8.11. The summed E-state index contributed by atoms with van der Waals surface area (Å²) in [7, 11) is 0. The van der Waals surface area contributed by atoms with E-state index in [0.29, 0.717) is 38.3 Å². The van der Waals surface area contributed by atoms with E-state index < -0.39 is 0 Å². The molecule has 2 N–H and O–H groups in total. The van der Waals surface area contributed by atoms with Crippen LogP contribution in [0.15, 0.2) is 0 Å². The van der Waals surface area contributed by atoms with Crippen LogP contribution < -0.4 is 5.32 Å². The summed E-state index contributed by atoms with van der Waals surface area (Å²) in [6, 6.07) is -0.142. The van der Waals surface area contributed by atoms with Gasteiger partial charge >= 0.3 is 0 Å². The maximum absolute atomic E-state index is 13.0. The number of aromatic nitrogens is 3. The van der Waals surface area contributed by atoms with Crippen molar-refractivity contribution in [1.82, 2.24) is 30.5 Å². The summed E-state index contributed by atoms with van der Waals surface area (Å²) >= 11 is 0. The molecule has 3 aliphatic heterocycles. The van der Waals surface area contributed by atoms with Gasteiger partial charge in [-0.3, -0.25) is 14.4 Å². The normalized spacial score (nSPS) is 27.8. The van der Waals surface area contributed by atoms with Gasteiger partial charge in [0.2, 0.25) is 11.8 Å². The predicted octanol–water partition coefficient (Wildman–Crippen LogP) is -0.140. The number of aryl methyl sites for hydroxylation is 1. The molecule has 1 aromatic rings. The van der Waals surface area contributed by atoms with Crippen LogP contribution in [-0.2, 0) is 14.3 Å². The Morgan fingerprint density at radius 1 is 1.28 bits per heavy atom. The highest BCUT2D eigenvalue weighted by molar-refractivity contribution is 5.96. The van der Waals surface area contributed by atoms with Crippen LogP contribution in [-0.4, -0.2) is 87.4 Å². The minimum atomic E-state index is -0.299. The van der Waals surface area contributed by atoms with Crippen molar-refractivity contribution in [2.45, 2.75) is 57.7 Å². The first-order valence-electron chi connectivity index (χ1n) is 10.4. The maximum atomic E-state index is 13.0. The molecular weight excluding hydrogens is 376 g/mol. The van der Waals surface area contributed by atoms with Gasteiger partial charge in [0, 0.05) is 31.8 Å². The Morgan fingerprint density at radius 3 is 2.69 bits per heavy atom. The fraction of sp³-hybridized carbons (Fsp3) is 0.737. The van der Waals surface area contributed by atoms with Crippen molar-refractivity contribution in [3.63, 3.8) is 0 Å². The quantitative estimate of drug-likeness (QED) is 0.721. The van der Waals surface area contributed by atoms with E-state index in [9.17, 15) is 14.4 Å². The van der Waals surface area contributed by atoms with Crippen molar-refractivity contribution in [3.05, 3.63) is 11.4 Å². The molecule has 0 aromatic carbocycles. The number of hydrogen-bond acceptors (Lipinski definition) is 6. The predicted molar refractivity (Wildman–Crippen MR) is 102 cm³/mol. The smallest absolute Gasteiger partial charge is 0.276 e. The maximum Gasteiger partial charge on any atom is 0.276 e. The third-order valence-corrected chi connectivity index (χ3v) is 6.32. The van der Waals surface area contributed by atoms with Gasteiger partial charge in [0.15, 0.2) is 5.69 Å². The van der Waals surface area contributed by atoms with Crippen molar-refractivity contribution in [2.75, 3.05) is 26.3 Å². The van der Waals surface area contributed by atoms with Crippen LogP contribution in [0.4, 0.5) is 0 Å². The van der Waals surface area contributed by atoms with Crippen LogP contribution in [0, 0.1) is 12.8 Å². The summed E-state index contributed by atoms with van der Waals surface area (Å²) in [5, 5.41) is 13.4. The van der Waals surface area contributed by atoms with E-state index in [0.717, 1.165) is 12.8 Å². The van der Waals surface area contributed by atoms with E-state index in [2.05, 4.69) is 20.7 Å². The second kappa shape index (κ2) is 8.10. The lowest BCUT2D eigenvalue weighted by atomic mass is 9.95. The number of fused-ring (bicyclic) bond motifs is 1. The summed E-state index contributed by atoms with van der Waals surface area (Å²) in [5.74, 6) is -0.645. The Hall–Kier alpha value is -2.49. The van der Waals surface area contributed by atoms with Crippen molar-refractivity contribution < 1.29 is 19.1 Å². The first kappa shape index (κ1) is 19.8. The van der Waals surface area contributed by atoms with Crippen LogP contribution in [0.3, 0.4) is 0 Å². The number of aromatic amines is 1. The zero-order valence-electron chi connectivity index (χ0n) is 16.9. The standard InChI is InChI=1S/C19H28N6O4/c1-3-15-14(18(27)20-12-4-6-29-7-5-12)8-13-9-24(10-16(26)25(13)15)19(28)17-11(2)21-23-22-17/h12-15H,3-10H2,1-2H3,(H,20,27)(H,21,22,23)/t13-,14-,15-/m0/s1. The largest absolute Gasteiger partial charge is 0.381 e. The molecule has 0 spiro atoms. The molecule has 4 heterocycles. The van der Waals surface area contributed by atoms with E-state index in [1.165, 1.54) is 4.90 Å². The minimum absolute atomic E-state index is 0.00639. The number of carbonyl (C=O) groups is 3. The van der Waals surface area contributed by atoms with E-state index >= 15 is 0 Å². The first-order valence-corrected chi connectivity index (χ1v) is 10.4. The third kappa shape index (κ3) is 3.73. The fourth-order valence-corrected chi connectivity index (χ4v) is 4.85. The van der Waals surface area contributed by atoms with Gasteiger partial charge in [-0.25, -0.2) is 0 Å². The molecule has 0 unspecified atom stereocenters. The topological polar surface area (TPSA) is 121 Å². The van der Waals surface area contributed by atoms with E-state index in [1.807, 2.05) is 11.8 Å². The molecular formula is C19H28N6O4. The van der Waals surface area contributed by atoms with E-state index in [1.54, 1.807) is 6.92 Å². The summed E-state index contributed by atoms with van der Waals surface area (Å²) in [5.41, 5.74) is 0.751. The first-order chi connectivity index (χ1) is 14.0. The SMILES string of the molecule is CC[C@H]1[C@@H](C(=O)NC2CCOCC2)C[C@H]2CN(C(=O)c3n[nH]nc3C)CC(=O)N21. The minimum Gasteiger partial charge on any atom is -0.381 e. The van der Waals surface area contributed by atoms with Crippen molar-refractivity contribution in [1.29, 1.82) is 0 Å². The molecule has 158 valence electrons. The van der Waals surface area contributed by atoms with Gasteiger partial charge in [-0.05, 0) is 32.6 Å². The Bertz CT molecular complexity index is 789. The molecule has 3 atom stereocenters. The van der Waals surface area contributed by atoms with Gasteiger partial charge in [0.05, 0.1) is 17.7 Å². The number of ether oxygens (including phenoxy) is 1. The molecule has 1 aromatic heterocycles. The number of hydrogen-bond donors (Lipinski definition) is 2. The Morgan fingerprint density at radius 2 is 2.03 bits per heavy atom. The Balaban J connectivity index is 1.46. The molecule has 0 aliphatic carbocycles. The Labute approximate surface area is 169 Å². The zero-order chi connectivity index (χ0) is 20.5. The lowest BCUT2D eigenvalue weighted by Crippen LogP contribution is -2.57. The fourth-order valence-electron chi connectivity index (χ4n) is 4.85. The number of piperazine rings is 1. The van der Waals surface area contributed by atoms with Crippen LogP contribution in [0.2, 0.25) is 0 Å². The molecule has 4 rings (SSSR count). The highest BCUT2D eigenvalue weighted by Gasteiger charge is 2.49. The Kier molecular flexibility index (Phi) is 5.53. The summed E-state index contributed by atoms with van der Waals surface area (Å²) < 4.78 is 5.36. The second-order valence-electron chi connectivity index (χ2n) is 8.11. The molecule has 3 amide bonds. The average molecular weight is 404 g/mol. The summed E-state index contributed by atoms with van der Waals surface area (Å²) in [6.07, 6.45) is 2.92. The van der Waals surface area contributed by atoms with Gasteiger partial charge in [0.1, 0.15) is 6.54 Å². The number of nitrogens with one attached hydrogen (secondary N) is 2. The lowest BCUT2D eigenvalue weighted by Gasteiger charge is -2.39. The van der Waals surface area contributed by atoms with Crippen molar-refractivity contribution in [3.8, 4) is 0 Å². The van der Waals surface area contributed by atoms with E-state index in [-0.39, 0.29) is 54.0 Å². The van der Waals surface area contributed by atoms with Crippen LogP contribution in [0.5, 0.6) is 0 Å². The average Bonchev–Trinajstić information content (AvgIpc) is 3.31. The van der Waals surface area contributed by atoms with Crippen LogP contribution >= 0.6 is 0 Å². The number of rotatable bonds is 4. The molecule has 3 saturated heterocycles. The van der Waals surface area contributed by atoms with Crippen molar-refractivity contribution in [2.24, 2.45) is 5.92 Å². The molecule has 3 fully saturated rings. The van der Waals surface area contributed by atoms with Gasteiger partial charge in [0.25, 0.3) is 5.91 Å². The van der Waals surface area contributed by atoms with Crippen LogP contribution in [0.1, 0.15) is 48.8 Å². The van der Waals surface area contributed by atoms with Gasteiger partial charge in [-0.15, -0.1) is 0 Å². The summed E-state index contributed by atoms with van der Waals surface area (Å²) in [6.45, 7) is 5.46. The van der Waals surface area contributed by atoms with Crippen LogP contribution in [0.25, 0.3) is 0 Å². The lowest BCUT2D eigenvalue weighted by molar-refractivity contribution is -0.139. The van der Waals surface area contributed by atoms with Gasteiger partial charge < -0.3 is 19.9 Å². The highest BCUT2D eigenvalue weighted by Crippen LogP contribution is 2.35. The van der Waals surface area contributed by atoms with Gasteiger partial charge in [-0.1, -0.05) is 6.92 Å². The third-order valence-electron chi connectivity index (χ3n) is 6.32. The molecule has 3 aliphatic rings. The molecule has 29 heavy (non-hydrogen) atoms. The zero-order valence-corrected chi connectivity index (χ0v) is 16.9.